The zero-order valence-corrected chi connectivity index (χ0v) is 12.6. The van der Waals surface area contributed by atoms with E-state index in [4.69, 9.17) is 14.2 Å². The minimum atomic E-state index is 0.142. The Morgan fingerprint density at radius 3 is 2.75 bits per heavy atom. The van der Waals surface area contributed by atoms with Gasteiger partial charge in [0.05, 0.1) is 13.2 Å². The van der Waals surface area contributed by atoms with Gasteiger partial charge in [-0.3, -0.25) is 0 Å². The van der Waals surface area contributed by atoms with Crippen LogP contribution in [0.15, 0.2) is 18.2 Å². The molecule has 0 heterocycles. The van der Waals surface area contributed by atoms with E-state index in [2.05, 4.69) is 12.2 Å². The van der Waals surface area contributed by atoms with E-state index in [9.17, 15) is 0 Å². The second-order valence-corrected chi connectivity index (χ2v) is 5.34. The topological polar surface area (TPSA) is 39.7 Å². The van der Waals surface area contributed by atoms with Crippen molar-refractivity contribution in [2.75, 3.05) is 20.8 Å². The second-order valence-electron chi connectivity index (χ2n) is 5.34. The highest BCUT2D eigenvalue weighted by Crippen LogP contribution is 2.27. The Morgan fingerprint density at radius 1 is 1.30 bits per heavy atom. The first-order chi connectivity index (χ1) is 9.72. The van der Waals surface area contributed by atoms with E-state index in [0.29, 0.717) is 12.6 Å². The van der Waals surface area contributed by atoms with Crippen molar-refractivity contribution >= 4 is 0 Å². The van der Waals surface area contributed by atoms with Gasteiger partial charge in [0.25, 0.3) is 0 Å². The zero-order chi connectivity index (χ0) is 14.4. The van der Waals surface area contributed by atoms with E-state index in [1.165, 1.54) is 12.8 Å². The Labute approximate surface area is 121 Å². The molecule has 0 bridgehead atoms. The Hall–Kier alpha value is -1.26. The first-order valence-electron chi connectivity index (χ1n) is 7.29. The van der Waals surface area contributed by atoms with Crippen LogP contribution in [0.1, 0.15) is 31.7 Å². The zero-order valence-electron chi connectivity index (χ0n) is 12.6. The number of hydrogen-bond donors (Lipinski definition) is 1. The van der Waals surface area contributed by atoms with Gasteiger partial charge in [-0.15, -0.1) is 0 Å². The van der Waals surface area contributed by atoms with E-state index < -0.39 is 0 Å². The molecule has 1 aliphatic carbocycles. The lowest BCUT2D eigenvalue weighted by Crippen LogP contribution is -2.19. The van der Waals surface area contributed by atoms with Gasteiger partial charge in [-0.2, -0.15) is 0 Å². The monoisotopic (exact) mass is 279 g/mol. The van der Waals surface area contributed by atoms with Crippen LogP contribution in [0.5, 0.6) is 11.5 Å². The third kappa shape index (κ3) is 4.69. The molecule has 1 aliphatic rings. The van der Waals surface area contributed by atoms with E-state index in [1.807, 2.05) is 18.2 Å². The van der Waals surface area contributed by atoms with Gasteiger partial charge in [-0.05, 0) is 38.0 Å². The molecule has 0 radical (unpaired) electrons. The van der Waals surface area contributed by atoms with Crippen LogP contribution >= 0.6 is 0 Å². The van der Waals surface area contributed by atoms with Crippen molar-refractivity contribution in [1.29, 1.82) is 0 Å². The lowest BCUT2D eigenvalue weighted by Gasteiger charge is -2.18. The average Bonchev–Trinajstić information content (AvgIpc) is 3.28. The number of ether oxygens (including phenoxy) is 3. The normalized spacial score (nSPS) is 15.9. The van der Waals surface area contributed by atoms with Gasteiger partial charge in [0, 0.05) is 38.3 Å². The fourth-order valence-corrected chi connectivity index (χ4v) is 2.04. The molecule has 1 unspecified atom stereocenters. The van der Waals surface area contributed by atoms with E-state index >= 15 is 0 Å². The van der Waals surface area contributed by atoms with E-state index in [-0.39, 0.29) is 6.10 Å². The molecule has 0 spiro atoms. The van der Waals surface area contributed by atoms with E-state index in [1.54, 1.807) is 14.2 Å². The Kier molecular flexibility index (Phi) is 5.68. The molecule has 20 heavy (non-hydrogen) atoms. The van der Waals surface area contributed by atoms with Crippen LogP contribution in [-0.4, -0.2) is 33.0 Å². The summed E-state index contributed by atoms with van der Waals surface area (Å²) >= 11 is 0. The summed E-state index contributed by atoms with van der Waals surface area (Å²) in [7, 11) is 3.40. The van der Waals surface area contributed by atoms with Crippen LogP contribution in [0, 0.1) is 0 Å². The number of hydrogen-bond acceptors (Lipinski definition) is 4. The number of methoxy groups -OCH3 is 2. The molecule has 0 aromatic heterocycles. The smallest absolute Gasteiger partial charge is 0.124 e. The maximum Gasteiger partial charge on any atom is 0.124 e. The molecule has 1 saturated carbocycles. The molecule has 1 aromatic carbocycles. The molecule has 0 amide bonds. The standard InChI is InChI=1S/C16H25NO3/c1-12(8-9-18-2)20-16-7-6-15(19-3)10-13(16)11-17-14-4-5-14/h6-7,10,12,14,17H,4-5,8-9,11H2,1-3H3. The summed E-state index contributed by atoms with van der Waals surface area (Å²) in [4.78, 5) is 0. The van der Waals surface area contributed by atoms with Gasteiger partial charge in [-0.1, -0.05) is 0 Å². The molecule has 1 N–H and O–H groups in total. The van der Waals surface area contributed by atoms with Crippen molar-refractivity contribution in [3.8, 4) is 11.5 Å². The summed E-state index contributed by atoms with van der Waals surface area (Å²) in [5.74, 6) is 1.80. The van der Waals surface area contributed by atoms with E-state index in [0.717, 1.165) is 30.0 Å². The Balaban J connectivity index is 2.00. The Bertz CT molecular complexity index is 418. The minimum Gasteiger partial charge on any atom is -0.497 e. The summed E-state index contributed by atoms with van der Waals surface area (Å²) < 4.78 is 16.4. The molecule has 0 saturated heterocycles. The first-order valence-corrected chi connectivity index (χ1v) is 7.29. The molecule has 0 aliphatic heterocycles. The van der Waals surface area contributed by atoms with Gasteiger partial charge < -0.3 is 19.5 Å². The number of nitrogens with one attached hydrogen (secondary N) is 1. The van der Waals surface area contributed by atoms with Crippen molar-refractivity contribution in [2.45, 2.75) is 44.9 Å². The summed E-state index contributed by atoms with van der Waals surface area (Å²) in [5, 5.41) is 3.52. The highest BCUT2D eigenvalue weighted by atomic mass is 16.5. The highest BCUT2D eigenvalue weighted by molar-refractivity contribution is 5.40. The van der Waals surface area contributed by atoms with Gasteiger partial charge in [0.15, 0.2) is 0 Å². The fraction of sp³-hybridized carbons (Fsp3) is 0.625. The molecule has 1 atom stereocenters. The van der Waals surface area contributed by atoms with Crippen LogP contribution in [0.2, 0.25) is 0 Å². The molecule has 2 rings (SSSR count). The molecule has 4 heteroatoms. The molecule has 1 fully saturated rings. The van der Waals surface area contributed by atoms with Crippen molar-refractivity contribution in [3.63, 3.8) is 0 Å². The molecular formula is C16H25NO3. The lowest BCUT2D eigenvalue weighted by molar-refractivity contribution is 0.134. The summed E-state index contributed by atoms with van der Waals surface area (Å²) in [6.45, 7) is 3.61. The molecule has 1 aromatic rings. The van der Waals surface area contributed by atoms with Gasteiger partial charge in [-0.25, -0.2) is 0 Å². The van der Waals surface area contributed by atoms with Crippen LogP contribution in [-0.2, 0) is 11.3 Å². The van der Waals surface area contributed by atoms with Crippen molar-refractivity contribution in [2.24, 2.45) is 0 Å². The lowest BCUT2D eigenvalue weighted by atomic mass is 10.1. The van der Waals surface area contributed by atoms with Crippen molar-refractivity contribution in [1.82, 2.24) is 5.32 Å². The van der Waals surface area contributed by atoms with Gasteiger partial charge in [0.2, 0.25) is 0 Å². The van der Waals surface area contributed by atoms with Crippen molar-refractivity contribution < 1.29 is 14.2 Å². The maximum atomic E-state index is 6.02. The van der Waals surface area contributed by atoms with Gasteiger partial charge in [0.1, 0.15) is 11.5 Å². The fourth-order valence-electron chi connectivity index (χ4n) is 2.04. The summed E-state index contributed by atoms with van der Waals surface area (Å²) in [6.07, 6.45) is 3.59. The van der Waals surface area contributed by atoms with Crippen LogP contribution in [0.3, 0.4) is 0 Å². The predicted molar refractivity (Wildman–Crippen MR) is 79.4 cm³/mol. The number of benzene rings is 1. The molecule has 4 nitrogen and oxygen atoms in total. The summed E-state index contributed by atoms with van der Waals surface area (Å²) in [6, 6.07) is 6.67. The molecular weight excluding hydrogens is 254 g/mol. The van der Waals surface area contributed by atoms with Crippen molar-refractivity contribution in [3.05, 3.63) is 23.8 Å². The predicted octanol–water partition coefficient (Wildman–Crippen LogP) is 2.75. The number of rotatable bonds is 9. The van der Waals surface area contributed by atoms with Crippen LogP contribution in [0.4, 0.5) is 0 Å². The second kappa shape index (κ2) is 7.50. The first kappa shape index (κ1) is 15.1. The molecule has 112 valence electrons. The Morgan fingerprint density at radius 2 is 2.10 bits per heavy atom. The van der Waals surface area contributed by atoms with Gasteiger partial charge >= 0.3 is 0 Å². The highest BCUT2D eigenvalue weighted by Gasteiger charge is 2.21. The third-order valence-electron chi connectivity index (χ3n) is 3.48. The largest absolute Gasteiger partial charge is 0.497 e. The third-order valence-corrected chi connectivity index (χ3v) is 3.48. The SMILES string of the molecule is COCCC(C)Oc1ccc(OC)cc1CNC1CC1. The van der Waals surface area contributed by atoms with Crippen LogP contribution in [0.25, 0.3) is 0 Å². The minimum absolute atomic E-state index is 0.142. The summed E-state index contributed by atoms with van der Waals surface area (Å²) in [5.41, 5.74) is 1.15. The quantitative estimate of drug-likeness (QED) is 0.754. The van der Waals surface area contributed by atoms with Crippen LogP contribution < -0.4 is 14.8 Å². The maximum absolute atomic E-state index is 6.02. The average molecular weight is 279 g/mol.